The van der Waals surface area contributed by atoms with Crippen molar-refractivity contribution in [2.75, 3.05) is 5.32 Å². The van der Waals surface area contributed by atoms with Crippen molar-refractivity contribution >= 4 is 29.3 Å². The molecule has 0 aromatic heterocycles. The molecule has 1 aromatic rings. The monoisotopic (exact) mass is 343 g/mol. The number of hydrogen-bond donors (Lipinski definition) is 2. The molecule has 1 fully saturated rings. The van der Waals surface area contributed by atoms with E-state index in [1.54, 1.807) is 18.2 Å². The molecule has 1 unspecified atom stereocenters. The molecule has 1 saturated heterocycles. The molecule has 2 aliphatic heterocycles. The van der Waals surface area contributed by atoms with Crippen molar-refractivity contribution in [2.24, 2.45) is 0 Å². The summed E-state index contributed by atoms with van der Waals surface area (Å²) in [4.78, 5) is 50.0. The maximum Gasteiger partial charge on any atom is 0.264 e. The van der Waals surface area contributed by atoms with E-state index in [0.717, 1.165) is 17.7 Å². The minimum atomic E-state index is -0.939. The third-order valence-electron chi connectivity index (χ3n) is 4.59. The maximum absolute atomic E-state index is 12.9. The van der Waals surface area contributed by atoms with Crippen LogP contribution in [0.5, 0.6) is 0 Å². The first kappa shape index (κ1) is 17.1. The van der Waals surface area contributed by atoms with Crippen LogP contribution in [0.2, 0.25) is 0 Å². The lowest BCUT2D eigenvalue weighted by Gasteiger charge is -2.27. The lowest BCUT2D eigenvalue weighted by Crippen LogP contribution is -2.54. The molecular weight excluding hydrogens is 322 g/mol. The van der Waals surface area contributed by atoms with Crippen LogP contribution in [-0.2, 0) is 9.59 Å². The van der Waals surface area contributed by atoms with Crippen LogP contribution in [0.3, 0.4) is 0 Å². The third kappa shape index (κ3) is 3.01. The Morgan fingerprint density at radius 2 is 2.00 bits per heavy atom. The Hall–Kier alpha value is -2.70. The highest BCUT2D eigenvalue weighted by Crippen LogP contribution is 2.32. The second kappa shape index (κ2) is 6.66. The average molecular weight is 343 g/mol. The zero-order valence-electron chi connectivity index (χ0n) is 14.3. The van der Waals surface area contributed by atoms with Gasteiger partial charge in [0.1, 0.15) is 6.04 Å². The van der Waals surface area contributed by atoms with Crippen LogP contribution in [-0.4, -0.2) is 40.6 Å². The summed E-state index contributed by atoms with van der Waals surface area (Å²) in [5.41, 5.74) is 1.20. The number of fused-ring (bicyclic) bond motifs is 1. The van der Waals surface area contributed by atoms with E-state index in [1.807, 2.05) is 6.92 Å². The molecule has 2 N–H and O–H groups in total. The topological polar surface area (TPSA) is 95.6 Å². The summed E-state index contributed by atoms with van der Waals surface area (Å²) < 4.78 is 0. The molecule has 0 aliphatic carbocycles. The van der Waals surface area contributed by atoms with Gasteiger partial charge < -0.3 is 5.32 Å². The second-order valence-corrected chi connectivity index (χ2v) is 6.51. The van der Waals surface area contributed by atoms with Gasteiger partial charge in [0.2, 0.25) is 11.8 Å². The highest BCUT2D eigenvalue weighted by Gasteiger charge is 2.45. The van der Waals surface area contributed by atoms with Gasteiger partial charge in [-0.05, 0) is 31.9 Å². The fourth-order valence-electron chi connectivity index (χ4n) is 3.41. The quantitative estimate of drug-likeness (QED) is 0.793. The van der Waals surface area contributed by atoms with E-state index in [1.165, 1.54) is 0 Å². The zero-order valence-corrected chi connectivity index (χ0v) is 14.3. The fourth-order valence-corrected chi connectivity index (χ4v) is 3.41. The minimum Gasteiger partial charge on any atom is -0.382 e. The van der Waals surface area contributed by atoms with Gasteiger partial charge in [-0.3, -0.25) is 29.4 Å². The maximum atomic E-state index is 12.9. The Labute approximate surface area is 145 Å². The zero-order chi connectivity index (χ0) is 18.1. The Morgan fingerprint density at radius 3 is 2.68 bits per heavy atom. The largest absolute Gasteiger partial charge is 0.382 e. The lowest BCUT2D eigenvalue weighted by molar-refractivity contribution is -0.136. The average Bonchev–Trinajstić information content (AvgIpc) is 2.81. The first-order valence-electron chi connectivity index (χ1n) is 8.55. The summed E-state index contributed by atoms with van der Waals surface area (Å²) in [5, 5.41) is 5.48. The van der Waals surface area contributed by atoms with Gasteiger partial charge in [0, 0.05) is 18.2 Å². The van der Waals surface area contributed by atoms with E-state index in [4.69, 9.17) is 0 Å². The van der Waals surface area contributed by atoms with E-state index >= 15 is 0 Å². The number of carbonyl (C=O) groups excluding carboxylic acids is 4. The molecule has 7 nitrogen and oxygen atoms in total. The van der Waals surface area contributed by atoms with E-state index in [-0.39, 0.29) is 24.8 Å². The van der Waals surface area contributed by atoms with Crippen molar-refractivity contribution in [3.05, 3.63) is 29.3 Å². The van der Waals surface area contributed by atoms with Gasteiger partial charge in [0.25, 0.3) is 11.8 Å². The standard InChI is InChI=1S/C18H21N3O4/c1-3-5-10(2)19-12-7-4-6-11-15(12)18(25)21(17(11)24)13-8-9-14(22)20-16(13)23/h4,6-7,10,13,19H,3,5,8-9H2,1-2H3,(H,20,22,23)/t10-,13?/m1/s1. The normalized spacial score (nSPS) is 21.2. The number of anilines is 1. The molecule has 4 amide bonds. The molecule has 0 spiro atoms. The number of imide groups is 2. The summed E-state index contributed by atoms with van der Waals surface area (Å²) in [6.07, 6.45) is 2.20. The SMILES string of the molecule is CCC[C@@H](C)Nc1cccc2c1C(=O)N(C1CCC(=O)NC1=O)C2=O. The van der Waals surface area contributed by atoms with E-state index in [0.29, 0.717) is 16.8 Å². The number of carbonyl (C=O) groups is 4. The van der Waals surface area contributed by atoms with Crippen LogP contribution < -0.4 is 10.6 Å². The van der Waals surface area contributed by atoms with Crippen LogP contribution >= 0.6 is 0 Å². The molecule has 132 valence electrons. The van der Waals surface area contributed by atoms with Crippen LogP contribution in [0.25, 0.3) is 0 Å². The highest BCUT2D eigenvalue weighted by molar-refractivity contribution is 6.25. The van der Waals surface area contributed by atoms with Crippen LogP contribution in [0, 0.1) is 0 Å². The van der Waals surface area contributed by atoms with Gasteiger partial charge in [-0.2, -0.15) is 0 Å². The molecule has 2 aliphatic rings. The third-order valence-corrected chi connectivity index (χ3v) is 4.59. The van der Waals surface area contributed by atoms with Crippen LogP contribution in [0.4, 0.5) is 5.69 Å². The van der Waals surface area contributed by atoms with Crippen molar-refractivity contribution < 1.29 is 19.2 Å². The molecule has 2 atom stereocenters. The molecular formula is C18H21N3O4. The number of hydrogen-bond acceptors (Lipinski definition) is 5. The van der Waals surface area contributed by atoms with E-state index in [2.05, 4.69) is 17.6 Å². The predicted molar refractivity (Wildman–Crippen MR) is 91.1 cm³/mol. The van der Waals surface area contributed by atoms with Gasteiger partial charge in [0.05, 0.1) is 11.1 Å². The summed E-state index contributed by atoms with van der Waals surface area (Å²) in [6.45, 7) is 4.09. The van der Waals surface area contributed by atoms with Crippen molar-refractivity contribution in [3.63, 3.8) is 0 Å². The first-order valence-corrected chi connectivity index (χ1v) is 8.55. The van der Waals surface area contributed by atoms with Crippen molar-refractivity contribution in [3.8, 4) is 0 Å². The lowest BCUT2D eigenvalue weighted by atomic mass is 10.0. The second-order valence-electron chi connectivity index (χ2n) is 6.51. The molecule has 0 radical (unpaired) electrons. The number of rotatable bonds is 5. The highest BCUT2D eigenvalue weighted by atomic mass is 16.2. The molecule has 25 heavy (non-hydrogen) atoms. The fraction of sp³-hybridized carbons (Fsp3) is 0.444. The van der Waals surface area contributed by atoms with Gasteiger partial charge in [0.15, 0.2) is 0 Å². The van der Waals surface area contributed by atoms with Gasteiger partial charge in [-0.25, -0.2) is 0 Å². The molecule has 0 bridgehead atoms. The molecule has 3 rings (SSSR count). The number of nitrogens with one attached hydrogen (secondary N) is 2. The van der Waals surface area contributed by atoms with Crippen LogP contribution in [0.15, 0.2) is 18.2 Å². The minimum absolute atomic E-state index is 0.114. The Morgan fingerprint density at radius 1 is 1.24 bits per heavy atom. The molecule has 2 heterocycles. The summed E-state index contributed by atoms with van der Waals surface area (Å²) in [5.74, 6) is -1.95. The van der Waals surface area contributed by atoms with E-state index < -0.39 is 23.8 Å². The smallest absolute Gasteiger partial charge is 0.264 e. The number of nitrogens with zero attached hydrogens (tertiary/aromatic N) is 1. The number of amides is 4. The van der Waals surface area contributed by atoms with Crippen molar-refractivity contribution in [1.82, 2.24) is 10.2 Å². The summed E-state index contributed by atoms with van der Waals surface area (Å²) >= 11 is 0. The van der Waals surface area contributed by atoms with Gasteiger partial charge >= 0.3 is 0 Å². The van der Waals surface area contributed by atoms with Gasteiger partial charge in [-0.15, -0.1) is 0 Å². The molecule has 0 saturated carbocycles. The first-order chi connectivity index (χ1) is 11.9. The predicted octanol–water partition coefficient (Wildman–Crippen LogP) is 1.69. The molecule has 7 heteroatoms. The summed E-state index contributed by atoms with van der Waals surface area (Å²) in [6, 6.07) is 4.30. The van der Waals surface area contributed by atoms with Crippen molar-refractivity contribution in [1.29, 1.82) is 0 Å². The number of piperidine rings is 1. The summed E-state index contributed by atoms with van der Waals surface area (Å²) in [7, 11) is 0. The van der Waals surface area contributed by atoms with Gasteiger partial charge in [-0.1, -0.05) is 19.4 Å². The molecule has 1 aromatic carbocycles. The van der Waals surface area contributed by atoms with Crippen LogP contribution in [0.1, 0.15) is 60.2 Å². The Kier molecular flexibility index (Phi) is 4.57. The van der Waals surface area contributed by atoms with E-state index in [9.17, 15) is 19.2 Å². The number of benzene rings is 1. The Balaban J connectivity index is 1.91. The van der Waals surface area contributed by atoms with Crippen molar-refractivity contribution in [2.45, 2.75) is 51.6 Å². The Bertz CT molecular complexity index is 759.